The van der Waals surface area contributed by atoms with Crippen molar-refractivity contribution in [3.05, 3.63) is 0 Å². The Morgan fingerprint density at radius 3 is 2.47 bits per heavy atom. The van der Waals surface area contributed by atoms with Crippen LogP contribution in [0.5, 0.6) is 0 Å². The van der Waals surface area contributed by atoms with Crippen molar-refractivity contribution in [3.8, 4) is 0 Å². The van der Waals surface area contributed by atoms with Gasteiger partial charge in [0.1, 0.15) is 6.42 Å². The van der Waals surface area contributed by atoms with Gasteiger partial charge in [-0.1, -0.05) is 13.3 Å². The molecule has 0 aliphatic rings. The Morgan fingerprint density at radius 1 is 1.24 bits per heavy atom. The number of carbonyl (C=O) groups excluding carboxylic acids is 2. The summed E-state index contributed by atoms with van der Waals surface area (Å²) < 4.78 is 4.71. The van der Waals surface area contributed by atoms with E-state index in [2.05, 4.69) is 6.92 Å². The Hall–Kier alpha value is -0.940. The molecule has 0 atom stereocenters. The molecule has 0 radical (unpaired) electrons. The summed E-state index contributed by atoms with van der Waals surface area (Å²) in [6, 6.07) is 0. The Balaban J connectivity index is 3.97. The lowest BCUT2D eigenvalue weighted by atomic mass is 10.2. The van der Waals surface area contributed by atoms with E-state index in [1.165, 1.54) is 0 Å². The van der Waals surface area contributed by atoms with Crippen LogP contribution in [0, 0.1) is 0 Å². The maximum atomic E-state index is 11.6. The molecule has 1 N–H and O–H groups in total. The van der Waals surface area contributed by atoms with Crippen LogP contribution in [0.4, 0.5) is 0 Å². The summed E-state index contributed by atoms with van der Waals surface area (Å²) in [5.41, 5.74) is 0. The van der Waals surface area contributed by atoms with Crippen molar-refractivity contribution in [2.75, 3.05) is 32.8 Å². The first-order valence-corrected chi connectivity index (χ1v) is 6.14. The van der Waals surface area contributed by atoms with E-state index < -0.39 is 5.97 Å². The molecule has 17 heavy (non-hydrogen) atoms. The van der Waals surface area contributed by atoms with Gasteiger partial charge in [-0.15, -0.1) is 0 Å². The molecule has 0 spiro atoms. The van der Waals surface area contributed by atoms with Gasteiger partial charge in [-0.25, -0.2) is 0 Å². The molecule has 5 nitrogen and oxygen atoms in total. The first-order chi connectivity index (χ1) is 8.13. The number of hydrogen-bond acceptors (Lipinski definition) is 5. The number of aliphatic hydroxyl groups is 1. The molecule has 0 amide bonds. The van der Waals surface area contributed by atoms with Gasteiger partial charge in [-0.05, 0) is 19.9 Å². The summed E-state index contributed by atoms with van der Waals surface area (Å²) >= 11 is 0. The van der Waals surface area contributed by atoms with Crippen LogP contribution in [0.2, 0.25) is 0 Å². The van der Waals surface area contributed by atoms with Crippen molar-refractivity contribution >= 4 is 11.8 Å². The third-order valence-corrected chi connectivity index (χ3v) is 2.29. The van der Waals surface area contributed by atoms with Crippen LogP contribution in [0.3, 0.4) is 0 Å². The van der Waals surface area contributed by atoms with Gasteiger partial charge in [0.2, 0.25) is 0 Å². The molecule has 0 fully saturated rings. The van der Waals surface area contributed by atoms with Crippen LogP contribution in [-0.4, -0.2) is 54.6 Å². The first kappa shape index (κ1) is 16.1. The molecular formula is C12H23NO4. The molecule has 0 aromatic rings. The predicted molar refractivity (Wildman–Crippen MR) is 64.7 cm³/mol. The molecule has 0 aliphatic carbocycles. The molecule has 0 bridgehead atoms. The van der Waals surface area contributed by atoms with Crippen molar-refractivity contribution in [2.45, 2.75) is 33.1 Å². The normalized spacial score (nSPS) is 10.6. The lowest BCUT2D eigenvalue weighted by molar-refractivity contribution is -0.145. The maximum Gasteiger partial charge on any atom is 0.313 e. The molecule has 5 heteroatoms. The Kier molecular flexibility index (Phi) is 9.66. The monoisotopic (exact) mass is 245 g/mol. The molecule has 0 rings (SSSR count). The second-order valence-electron chi connectivity index (χ2n) is 3.87. The van der Waals surface area contributed by atoms with Gasteiger partial charge >= 0.3 is 5.97 Å². The lowest BCUT2D eigenvalue weighted by Gasteiger charge is -2.19. The van der Waals surface area contributed by atoms with Gasteiger partial charge in [-0.3, -0.25) is 14.5 Å². The molecule has 0 unspecified atom stereocenters. The van der Waals surface area contributed by atoms with Crippen molar-refractivity contribution < 1.29 is 19.4 Å². The molecule has 0 saturated heterocycles. The van der Waals surface area contributed by atoms with Crippen molar-refractivity contribution in [2.24, 2.45) is 0 Å². The van der Waals surface area contributed by atoms with Crippen LogP contribution in [0.1, 0.15) is 33.1 Å². The summed E-state index contributed by atoms with van der Waals surface area (Å²) in [4.78, 5) is 24.5. The number of esters is 1. The molecule has 0 saturated carbocycles. The van der Waals surface area contributed by atoms with Gasteiger partial charge in [0.15, 0.2) is 5.78 Å². The number of aliphatic hydroxyl groups excluding tert-OH is 1. The van der Waals surface area contributed by atoms with Crippen LogP contribution in [0.15, 0.2) is 0 Å². The van der Waals surface area contributed by atoms with Gasteiger partial charge in [0, 0.05) is 6.54 Å². The molecule has 0 aromatic carbocycles. The smallest absolute Gasteiger partial charge is 0.313 e. The standard InChI is InChI=1S/C12H23NO4/c1-3-5-6-13(7-8-14)10-11(15)9-12(16)17-4-2/h14H,3-10H2,1-2H3. The highest BCUT2D eigenvalue weighted by Gasteiger charge is 2.14. The average Bonchev–Trinajstić information content (AvgIpc) is 2.26. The van der Waals surface area contributed by atoms with E-state index in [1.54, 1.807) is 6.92 Å². The fourth-order valence-electron chi connectivity index (χ4n) is 1.47. The molecule has 0 aromatic heterocycles. The van der Waals surface area contributed by atoms with Gasteiger partial charge in [0.25, 0.3) is 0 Å². The number of ketones is 1. The fraction of sp³-hybridized carbons (Fsp3) is 0.833. The summed E-state index contributed by atoms with van der Waals surface area (Å²) in [5, 5.41) is 8.87. The average molecular weight is 245 g/mol. The SMILES string of the molecule is CCCCN(CCO)CC(=O)CC(=O)OCC. The Bertz CT molecular complexity index is 231. The minimum absolute atomic E-state index is 0.0242. The third-order valence-electron chi connectivity index (χ3n) is 2.29. The van der Waals surface area contributed by atoms with Crippen molar-refractivity contribution in [1.29, 1.82) is 0 Å². The van der Waals surface area contributed by atoms with Crippen LogP contribution < -0.4 is 0 Å². The number of Topliss-reactive ketones (excluding diaryl/α,β-unsaturated/α-hetero) is 1. The number of unbranched alkanes of at least 4 members (excludes halogenated alkanes) is 1. The van der Waals surface area contributed by atoms with E-state index in [0.29, 0.717) is 13.2 Å². The summed E-state index contributed by atoms with van der Waals surface area (Å²) in [6.45, 7) is 5.54. The van der Waals surface area contributed by atoms with Crippen molar-refractivity contribution in [3.63, 3.8) is 0 Å². The minimum atomic E-state index is -0.475. The van der Waals surface area contributed by atoms with E-state index in [1.807, 2.05) is 4.90 Å². The zero-order chi connectivity index (χ0) is 13.1. The highest BCUT2D eigenvalue weighted by molar-refractivity contribution is 5.96. The van der Waals surface area contributed by atoms with Gasteiger partial charge in [0.05, 0.1) is 19.8 Å². The highest BCUT2D eigenvalue weighted by atomic mass is 16.5. The number of carbonyl (C=O) groups is 2. The number of rotatable bonds is 10. The van der Waals surface area contributed by atoms with E-state index in [0.717, 1.165) is 19.4 Å². The quantitative estimate of drug-likeness (QED) is 0.451. The second kappa shape index (κ2) is 10.2. The third kappa shape index (κ3) is 8.83. The molecule has 100 valence electrons. The van der Waals surface area contributed by atoms with Gasteiger partial charge < -0.3 is 9.84 Å². The highest BCUT2D eigenvalue weighted by Crippen LogP contribution is 1.97. The Morgan fingerprint density at radius 2 is 1.94 bits per heavy atom. The van der Waals surface area contributed by atoms with Crippen LogP contribution in [-0.2, 0) is 14.3 Å². The van der Waals surface area contributed by atoms with Crippen molar-refractivity contribution in [1.82, 2.24) is 4.90 Å². The zero-order valence-corrected chi connectivity index (χ0v) is 10.8. The molecule has 0 heterocycles. The number of ether oxygens (including phenoxy) is 1. The summed E-state index contributed by atoms with van der Waals surface area (Å²) in [5.74, 6) is -0.634. The second-order valence-corrected chi connectivity index (χ2v) is 3.87. The maximum absolute atomic E-state index is 11.6. The topological polar surface area (TPSA) is 66.8 Å². The predicted octanol–water partition coefficient (Wildman–Crippen LogP) is 0.603. The fourth-order valence-corrected chi connectivity index (χ4v) is 1.47. The number of nitrogens with zero attached hydrogens (tertiary/aromatic N) is 1. The minimum Gasteiger partial charge on any atom is -0.466 e. The molecule has 0 aliphatic heterocycles. The largest absolute Gasteiger partial charge is 0.466 e. The van der Waals surface area contributed by atoms with E-state index in [4.69, 9.17) is 9.84 Å². The first-order valence-electron chi connectivity index (χ1n) is 6.14. The van der Waals surface area contributed by atoms with E-state index in [-0.39, 0.29) is 25.4 Å². The summed E-state index contributed by atoms with van der Waals surface area (Å²) in [6.07, 6.45) is 1.84. The van der Waals surface area contributed by atoms with E-state index in [9.17, 15) is 9.59 Å². The number of hydrogen-bond donors (Lipinski definition) is 1. The Labute approximate surface area is 103 Å². The van der Waals surface area contributed by atoms with Gasteiger partial charge in [-0.2, -0.15) is 0 Å². The van der Waals surface area contributed by atoms with Crippen LogP contribution >= 0.6 is 0 Å². The summed E-state index contributed by atoms with van der Waals surface area (Å²) in [7, 11) is 0. The zero-order valence-electron chi connectivity index (χ0n) is 10.8. The van der Waals surface area contributed by atoms with E-state index >= 15 is 0 Å². The lowest BCUT2D eigenvalue weighted by Crippen LogP contribution is -2.34. The molecular weight excluding hydrogens is 222 g/mol. The van der Waals surface area contributed by atoms with Crippen LogP contribution in [0.25, 0.3) is 0 Å².